The Balaban J connectivity index is 2.45. The van der Waals surface area contributed by atoms with Gasteiger partial charge in [0.1, 0.15) is 5.78 Å². The van der Waals surface area contributed by atoms with Crippen LogP contribution in [0.15, 0.2) is 0 Å². The Morgan fingerprint density at radius 1 is 1.64 bits per heavy atom. The molecule has 0 heterocycles. The summed E-state index contributed by atoms with van der Waals surface area (Å²) in [5.74, 6) is 1.20. The number of thioether (sulfide) groups is 1. The maximum Gasteiger partial charge on any atom is 0.136 e. The smallest absolute Gasteiger partial charge is 0.136 e. The van der Waals surface area contributed by atoms with Crippen LogP contribution in [0.2, 0.25) is 0 Å². The van der Waals surface area contributed by atoms with Crippen LogP contribution in [-0.4, -0.2) is 16.2 Å². The van der Waals surface area contributed by atoms with Crippen LogP contribution in [0.25, 0.3) is 0 Å². The van der Waals surface area contributed by atoms with E-state index in [-0.39, 0.29) is 5.92 Å². The average molecular weight is 230 g/mol. The molecular weight excluding hydrogens is 212 g/mol. The van der Waals surface area contributed by atoms with Crippen molar-refractivity contribution in [2.24, 2.45) is 11.8 Å². The number of carbonyl (C=O) groups excluding carboxylic acids is 1. The topological polar surface area (TPSA) is 17.1 Å². The number of hydrogen-bond acceptors (Lipinski definition) is 3. The summed E-state index contributed by atoms with van der Waals surface area (Å²) < 4.78 is 1.04. The zero-order chi connectivity index (χ0) is 10.6. The van der Waals surface area contributed by atoms with Gasteiger partial charge in [0, 0.05) is 16.5 Å². The standard InChI is InChI=1S/C11H18OS2/c1-8(7-11(13)14-2)9-5-3-4-6-10(9)12/h8-9H,3-7H2,1-2H3. The van der Waals surface area contributed by atoms with Crippen molar-refractivity contribution in [3.63, 3.8) is 0 Å². The molecule has 0 bridgehead atoms. The van der Waals surface area contributed by atoms with Crippen molar-refractivity contribution in [1.82, 2.24) is 0 Å². The minimum absolute atomic E-state index is 0.286. The van der Waals surface area contributed by atoms with E-state index in [0.717, 1.165) is 29.9 Å². The summed E-state index contributed by atoms with van der Waals surface area (Å²) in [6.45, 7) is 2.16. The van der Waals surface area contributed by atoms with Gasteiger partial charge >= 0.3 is 0 Å². The fraction of sp³-hybridized carbons (Fsp3) is 0.818. The lowest BCUT2D eigenvalue weighted by molar-refractivity contribution is -0.126. The second-order valence-corrected chi connectivity index (χ2v) is 5.73. The van der Waals surface area contributed by atoms with E-state index in [0.29, 0.717) is 11.7 Å². The molecule has 0 aromatic rings. The van der Waals surface area contributed by atoms with E-state index in [1.807, 2.05) is 6.26 Å². The molecule has 1 nitrogen and oxygen atoms in total. The molecular formula is C11H18OS2. The molecule has 0 aliphatic heterocycles. The number of carbonyl (C=O) groups is 1. The summed E-state index contributed by atoms with van der Waals surface area (Å²) in [5.41, 5.74) is 0. The van der Waals surface area contributed by atoms with Crippen LogP contribution in [0.1, 0.15) is 39.0 Å². The van der Waals surface area contributed by atoms with Crippen molar-refractivity contribution in [2.75, 3.05) is 6.26 Å². The highest BCUT2D eigenvalue weighted by atomic mass is 32.2. The summed E-state index contributed by atoms with van der Waals surface area (Å²) in [6, 6.07) is 0. The van der Waals surface area contributed by atoms with Gasteiger partial charge < -0.3 is 0 Å². The minimum atomic E-state index is 0.286. The molecule has 14 heavy (non-hydrogen) atoms. The van der Waals surface area contributed by atoms with Crippen molar-refractivity contribution in [3.05, 3.63) is 0 Å². The van der Waals surface area contributed by atoms with E-state index < -0.39 is 0 Å². The third kappa shape index (κ3) is 3.35. The Kier molecular flexibility index (Phi) is 5.10. The van der Waals surface area contributed by atoms with Gasteiger partial charge in [-0.2, -0.15) is 0 Å². The quantitative estimate of drug-likeness (QED) is 0.691. The molecule has 2 atom stereocenters. The number of rotatable bonds is 3. The van der Waals surface area contributed by atoms with Crippen LogP contribution in [-0.2, 0) is 4.79 Å². The number of Topliss-reactive ketones (excluding diaryl/α,β-unsaturated/α-hetero) is 1. The zero-order valence-electron chi connectivity index (χ0n) is 8.91. The summed E-state index contributed by atoms with van der Waals surface area (Å²) in [7, 11) is 0. The lowest BCUT2D eigenvalue weighted by Crippen LogP contribution is -2.26. The SMILES string of the molecule is CSC(=S)CC(C)C1CCCCC1=O. The fourth-order valence-electron chi connectivity index (χ4n) is 2.10. The molecule has 1 rings (SSSR count). The molecule has 1 fully saturated rings. The second-order valence-electron chi connectivity index (χ2n) is 4.08. The molecule has 3 heteroatoms. The molecule has 1 saturated carbocycles. The van der Waals surface area contributed by atoms with Gasteiger partial charge in [0.15, 0.2) is 0 Å². The van der Waals surface area contributed by atoms with E-state index in [9.17, 15) is 4.79 Å². The van der Waals surface area contributed by atoms with Crippen LogP contribution in [0, 0.1) is 11.8 Å². The molecule has 0 amide bonds. The third-order valence-corrected chi connectivity index (χ3v) is 4.29. The van der Waals surface area contributed by atoms with Gasteiger partial charge in [-0.25, -0.2) is 0 Å². The van der Waals surface area contributed by atoms with Gasteiger partial charge in [-0.3, -0.25) is 4.79 Å². The lowest BCUT2D eigenvalue weighted by Gasteiger charge is -2.26. The molecule has 2 unspecified atom stereocenters. The maximum absolute atomic E-state index is 11.7. The predicted molar refractivity (Wildman–Crippen MR) is 66.9 cm³/mol. The average Bonchev–Trinajstić information content (AvgIpc) is 2.18. The van der Waals surface area contributed by atoms with E-state index in [1.165, 1.54) is 6.42 Å². The van der Waals surface area contributed by atoms with Crippen molar-refractivity contribution in [2.45, 2.75) is 39.0 Å². The van der Waals surface area contributed by atoms with Crippen LogP contribution in [0.5, 0.6) is 0 Å². The van der Waals surface area contributed by atoms with Crippen molar-refractivity contribution < 1.29 is 4.79 Å². The van der Waals surface area contributed by atoms with Gasteiger partial charge in [-0.1, -0.05) is 25.6 Å². The first kappa shape index (κ1) is 12.2. The molecule has 0 aromatic heterocycles. The Morgan fingerprint density at radius 2 is 2.36 bits per heavy atom. The van der Waals surface area contributed by atoms with Crippen molar-refractivity contribution >= 4 is 34.0 Å². The molecule has 80 valence electrons. The first-order chi connectivity index (χ1) is 6.65. The van der Waals surface area contributed by atoms with E-state index in [1.54, 1.807) is 11.8 Å². The van der Waals surface area contributed by atoms with Gasteiger partial charge in [0.05, 0.1) is 0 Å². The van der Waals surface area contributed by atoms with Crippen molar-refractivity contribution in [3.8, 4) is 0 Å². The first-order valence-corrected chi connectivity index (χ1v) is 6.88. The highest BCUT2D eigenvalue weighted by Crippen LogP contribution is 2.30. The van der Waals surface area contributed by atoms with E-state index in [2.05, 4.69) is 6.92 Å². The second kappa shape index (κ2) is 5.86. The Hall–Kier alpha value is 0.110. The Bertz CT molecular complexity index is 225. The summed E-state index contributed by atoms with van der Waals surface area (Å²) in [5, 5.41) is 0. The highest BCUT2D eigenvalue weighted by molar-refractivity contribution is 8.22. The lowest BCUT2D eigenvalue weighted by atomic mass is 9.79. The highest BCUT2D eigenvalue weighted by Gasteiger charge is 2.27. The van der Waals surface area contributed by atoms with Gasteiger partial charge in [0.25, 0.3) is 0 Å². The van der Waals surface area contributed by atoms with Crippen LogP contribution < -0.4 is 0 Å². The Labute approximate surface area is 96.0 Å². The largest absolute Gasteiger partial charge is 0.299 e. The normalized spacial score (nSPS) is 24.7. The summed E-state index contributed by atoms with van der Waals surface area (Å²) in [6.07, 6.45) is 7.12. The van der Waals surface area contributed by atoms with Crippen LogP contribution >= 0.6 is 24.0 Å². The maximum atomic E-state index is 11.7. The molecule has 0 radical (unpaired) electrons. The van der Waals surface area contributed by atoms with Gasteiger partial charge in [-0.15, -0.1) is 11.8 Å². The number of ketones is 1. The minimum Gasteiger partial charge on any atom is -0.299 e. The van der Waals surface area contributed by atoms with Crippen molar-refractivity contribution in [1.29, 1.82) is 0 Å². The first-order valence-electron chi connectivity index (χ1n) is 5.24. The third-order valence-electron chi connectivity index (χ3n) is 3.01. The van der Waals surface area contributed by atoms with E-state index >= 15 is 0 Å². The van der Waals surface area contributed by atoms with Gasteiger partial charge in [-0.05, 0) is 31.4 Å². The molecule has 1 aliphatic carbocycles. The summed E-state index contributed by atoms with van der Waals surface area (Å²) in [4.78, 5) is 11.7. The zero-order valence-corrected chi connectivity index (χ0v) is 10.5. The number of thiocarbonyl (C=S) groups is 1. The monoisotopic (exact) mass is 230 g/mol. The van der Waals surface area contributed by atoms with E-state index in [4.69, 9.17) is 12.2 Å². The Morgan fingerprint density at radius 3 is 2.93 bits per heavy atom. The molecule has 1 aliphatic rings. The molecule has 0 spiro atoms. The summed E-state index contributed by atoms with van der Waals surface area (Å²) >= 11 is 6.83. The van der Waals surface area contributed by atoms with Crippen LogP contribution in [0.4, 0.5) is 0 Å². The van der Waals surface area contributed by atoms with Crippen LogP contribution in [0.3, 0.4) is 0 Å². The molecule has 0 aromatic carbocycles. The number of hydrogen-bond donors (Lipinski definition) is 0. The van der Waals surface area contributed by atoms with Gasteiger partial charge in [0.2, 0.25) is 0 Å². The predicted octanol–water partition coefficient (Wildman–Crippen LogP) is 3.46. The molecule has 0 saturated heterocycles. The fourth-order valence-corrected chi connectivity index (χ4v) is 2.79. The molecule has 0 N–H and O–H groups in total.